The third-order valence-corrected chi connectivity index (χ3v) is 3.19. The molecule has 1 N–H and O–H groups in total. The summed E-state index contributed by atoms with van der Waals surface area (Å²) in [6.07, 6.45) is 0. The molecule has 5 heteroatoms. The molecule has 0 spiro atoms. The molecule has 4 nitrogen and oxygen atoms in total. The Kier molecular flexibility index (Phi) is 5.51. The zero-order valence-corrected chi connectivity index (χ0v) is 12.0. The smallest absolute Gasteiger partial charge is 0.254 e. The number of carbonyl (C=O) groups is 2. The monoisotopic (exact) mass is 282 g/mol. The first-order valence-corrected chi connectivity index (χ1v) is 6.22. The molecule has 19 heavy (non-hydrogen) atoms. The average molecular weight is 283 g/mol. The van der Waals surface area contributed by atoms with Crippen molar-refractivity contribution in [2.24, 2.45) is 0 Å². The van der Waals surface area contributed by atoms with E-state index in [1.807, 2.05) is 4.90 Å². The van der Waals surface area contributed by atoms with Gasteiger partial charge in [-0.3, -0.25) is 9.59 Å². The van der Waals surface area contributed by atoms with Gasteiger partial charge < -0.3 is 10.2 Å². The Morgan fingerprint density at radius 3 is 2.47 bits per heavy atom. The van der Waals surface area contributed by atoms with Gasteiger partial charge in [-0.05, 0) is 19.9 Å². The maximum absolute atomic E-state index is 12.4. The van der Waals surface area contributed by atoms with E-state index >= 15 is 0 Å². The number of hydrogen-bond donors (Lipinski definition) is 1. The first kappa shape index (κ1) is 15.7. The van der Waals surface area contributed by atoms with Gasteiger partial charge in [0.2, 0.25) is 0 Å². The van der Waals surface area contributed by atoms with E-state index in [0.29, 0.717) is 30.3 Å². The van der Waals surface area contributed by atoms with Gasteiger partial charge >= 0.3 is 0 Å². The molecular formula is C14H19ClN2O2. The summed E-state index contributed by atoms with van der Waals surface area (Å²) in [5, 5.41) is 3.29. The maximum Gasteiger partial charge on any atom is 0.254 e. The lowest BCUT2D eigenvalue weighted by atomic mass is 10.0. The van der Waals surface area contributed by atoms with E-state index in [0.717, 1.165) is 6.54 Å². The van der Waals surface area contributed by atoms with E-state index in [1.165, 1.54) is 6.92 Å². The van der Waals surface area contributed by atoms with E-state index in [1.54, 1.807) is 24.3 Å². The van der Waals surface area contributed by atoms with Crippen LogP contribution >= 0.6 is 12.4 Å². The van der Waals surface area contributed by atoms with Gasteiger partial charge in [0.05, 0.1) is 5.56 Å². The van der Waals surface area contributed by atoms with E-state index in [2.05, 4.69) is 12.2 Å². The van der Waals surface area contributed by atoms with Crippen LogP contribution in [0.15, 0.2) is 24.3 Å². The predicted molar refractivity (Wildman–Crippen MR) is 77.1 cm³/mol. The molecule has 0 aromatic heterocycles. The van der Waals surface area contributed by atoms with Crippen molar-refractivity contribution in [2.45, 2.75) is 19.9 Å². The molecule has 0 bridgehead atoms. The van der Waals surface area contributed by atoms with E-state index in [-0.39, 0.29) is 24.1 Å². The number of rotatable bonds is 2. The van der Waals surface area contributed by atoms with Gasteiger partial charge in [0.15, 0.2) is 5.78 Å². The molecule has 1 atom stereocenters. The number of amides is 1. The summed E-state index contributed by atoms with van der Waals surface area (Å²) in [5.74, 6) is -0.115. The highest BCUT2D eigenvalue weighted by molar-refractivity contribution is 6.07. The molecule has 104 valence electrons. The molecule has 1 aromatic rings. The molecule has 1 aliphatic rings. The maximum atomic E-state index is 12.4. The number of benzene rings is 1. The number of ketones is 1. The SMILES string of the molecule is CC(=O)c1ccccc1C(=O)N1CCNC(C)C1.Cl. The van der Waals surface area contributed by atoms with E-state index < -0.39 is 0 Å². The minimum atomic E-state index is -0.0675. The van der Waals surface area contributed by atoms with Crippen molar-refractivity contribution in [3.8, 4) is 0 Å². The fraction of sp³-hybridized carbons (Fsp3) is 0.429. The Balaban J connectivity index is 0.00000180. The van der Waals surface area contributed by atoms with Crippen molar-refractivity contribution in [2.75, 3.05) is 19.6 Å². The van der Waals surface area contributed by atoms with Crippen LogP contribution in [0.25, 0.3) is 0 Å². The molecule has 1 fully saturated rings. The molecule has 1 aromatic carbocycles. The highest BCUT2D eigenvalue weighted by Gasteiger charge is 2.23. The first-order chi connectivity index (χ1) is 8.59. The second kappa shape index (κ2) is 6.68. The first-order valence-electron chi connectivity index (χ1n) is 6.22. The number of piperazine rings is 1. The van der Waals surface area contributed by atoms with Gasteiger partial charge in [-0.2, -0.15) is 0 Å². The van der Waals surface area contributed by atoms with Gasteiger partial charge in [0.25, 0.3) is 5.91 Å². The van der Waals surface area contributed by atoms with Crippen LogP contribution in [0.1, 0.15) is 34.6 Å². The van der Waals surface area contributed by atoms with Crippen molar-refractivity contribution >= 4 is 24.1 Å². The number of Topliss-reactive ketones (excluding diaryl/α,β-unsaturated/α-hetero) is 1. The minimum Gasteiger partial charge on any atom is -0.336 e. The van der Waals surface area contributed by atoms with Gasteiger partial charge in [-0.25, -0.2) is 0 Å². The van der Waals surface area contributed by atoms with Crippen molar-refractivity contribution < 1.29 is 9.59 Å². The lowest BCUT2D eigenvalue weighted by Gasteiger charge is -2.32. The van der Waals surface area contributed by atoms with Crippen molar-refractivity contribution in [1.29, 1.82) is 0 Å². The topological polar surface area (TPSA) is 49.4 Å². The van der Waals surface area contributed by atoms with Crippen LogP contribution in [0.3, 0.4) is 0 Å². The molecule has 1 unspecified atom stereocenters. The lowest BCUT2D eigenvalue weighted by molar-refractivity contribution is 0.0705. The molecule has 1 aliphatic heterocycles. The molecule has 0 aliphatic carbocycles. The van der Waals surface area contributed by atoms with Gasteiger partial charge in [0.1, 0.15) is 0 Å². The van der Waals surface area contributed by atoms with Crippen LogP contribution in [0, 0.1) is 0 Å². The standard InChI is InChI=1S/C14H18N2O2.ClH/c1-10-9-16(8-7-15-10)14(18)13-6-4-3-5-12(13)11(2)17;/h3-6,10,15H,7-9H2,1-2H3;1H. The van der Waals surface area contributed by atoms with Crippen LogP contribution < -0.4 is 5.32 Å². The quantitative estimate of drug-likeness (QED) is 0.841. The Labute approximate surface area is 119 Å². The summed E-state index contributed by atoms with van der Waals surface area (Å²) in [7, 11) is 0. The van der Waals surface area contributed by atoms with Crippen molar-refractivity contribution in [1.82, 2.24) is 10.2 Å². The molecule has 0 saturated carbocycles. The highest BCUT2D eigenvalue weighted by atomic mass is 35.5. The number of nitrogens with zero attached hydrogens (tertiary/aromatic N) is 1. The third-order valence-electron chi connectivity index (χ3n) is 3.19. The predicted octanol–water partition coefficient (Wildman–Crippen LogP) is 1.74. The van der Waals surface area contributed by atoms with Crippen LogP contribution in [0.5, 0.6) is 0 Å². The molecule has 2 rings (SSSR count). The van der Waals surface area contributed by atoms with Crippen LogP contribution in [0.2, 0.25) is 0 Å². The molecular weight excluding hydrogens is 264 g/mol. The van der Waals surface area contributed by atoms with Gasteiger partial charge in [0, 0.05) is 31.2 Å². The highest BCUT2D eigenvalue weighted by Crippen LogP contribution is 2.14. The summed E-state index contributed by atoms with van der Waals surface area (Å²) >= 11 is 0. The molecule has 0 radical (unpaired) electrons. The fourth-order valence-electron chi connectivity index (χ4n) is 2.26. The van der Waals surface area contributed by atoms with Gasteiger partial charge in [-0.15, -0.1) is 12.4 Å². The van der Waals surface area contributed by atoms with Crippen LogP contribution in [0.4, 0.5) is 0 Å². The molecule has 1 amide bonds. The lowest BCUT2D eigenvalue weighted by Crippen LogP contribution is -2.51. The third kappa shape index (κ3) is 3.55. The summed E-state index contributed by atoms with van der Waals surface area (Å²) < 4.78 is 0. The fourth-order valence-corrected chi connectivity index (χ4v) is 2.26. The number of hydrogen-bond acceptors (Lipinski definition) is 3. The van der Waals surface area contributed by atoms with E-state index in [9.17, 15) is 9.59 Å². The normalized spacial score (nSPS) is 18.6. The minimum absolute atomic E-state index is 0. The van der Waals surface area contributed by atoms with Gasteiger partial charge in [-0.1, -0.05) is 18.2 Å². The number of halogens is 1. The largest absolute Gasteiger partial charge is 0.336 e. The number of nitrogens with one attached hydrogen (secondary N) is 1. The Bertz CT molecular complexity index is 476. The van der Waals surface area contributed by atoms with Crippen LogP contribution in [-0.2, 0) is 0 Å². The zero-order chi connectivity index (χ0) is 13.1. The van der Waals surface area contributed by atoms with Crippen molar-refractivity contribution in [3.63, 3.8) is 0 Å². The zero-order valence-electron chi connectivity index (χ0n) is 11.2. The molecule has 1 heterocycles. The number of carbonyl (C=O) groups excluding carboxylic acids is 2. The summed E-state index contributed by atoms with van der Waals surface area (Å²) in [6, 6.07) is 7.32. The molecule has 1 saturated heterocycles. The second-order valence-electron chi connectivity index (χ2n) is 4.71. The van der Waals surface area contributed by atoms with Crippen molar-refractivity contribution in [3.05, 3.63) is 35.4 Å². The Morgan fingerprint density at radius 2 is 1.89 bits per heavy atom. The summed E-state index contributed by atoms with van der Waals surface area (Å²) in [6.45, 7) is 5.72. The Hall–Kier alpha value is -1.39. The summed E-state index contributed by atoms with van der Waals surface area (Å²) in [5.41, 5.74) is 1.02. The summed E-state index contributed by atoms with van der Waals surface area (Å²) in [4.78, 5) is 25.8. The van der Waals surface area contributed by atoms with E-state index in [4.69, 9.17) is 0 Å². The average Bonchev–Trinajstić information content (AvgIpc) is 2.38. The second-order valence-corrected chi connectivity index (χ2v) is 4.71. The van der Waals surface area contributed by atoms with Crippen LogP contribution in [-0.4, -0.2) is 42.3 Å². The Morgan fingerprint density at radius 1 is 1.26 bits per heavy atom.